The number of hydrogen-bond acceptors (Lipinski definition) is 3. The number of benzene rings is 1. The van der Waals surface area contributed by atoms with Crippen LogP contribution in [0.2, 0.25) is 0 Å². The predicted octanol–water partition coefficient (Wildman–Crippen LogP) is 2.36. The molecule has 1 fully saturated rings. The van der Waals surface area contributed by atoms with Crippen molar-refractivity contribution in [3.63, 3.8) is 0 Å². The molecule has 1 aromatic heterocycles. The standard InChI is InChI=1S/C15H19N3O/c1-18-14(11-16-17-18)15(19)10-6-5-9-13(15)12-7-3-2-4-8-12/h2-4,7-8,11,13,19H,5-6,9-10H2,1H3. The monoisotopic (exact) mass is 257 g/mol. The van der Waals surface area contributed by atoms with Crippen molar-refractivity contribution in [2.45, 2.75) is 37.2 Å². The summed E-state index contributed by atoms with van der Waals surface area (Å²) in [6.45, 7) is 0. The number of nitrogens with zero attached hydrogens (tertiary/aromatic N) is 3. The summed E-state index contributed by atoms with van der Waals surface area (Å²) >= 11 is 0. The Kier molecular flexibility index (Phi) is 3.11. The van der Waals surface area contributed by atoms with E-state index >= 15 is 0 Å². The predicted molar refractivity (Wildman–Crippen MR) is 72.6 cm³/mol. The summed E-state index contributed by atoms with van der Waals surface area (Å²) in [5, 5.41) is 19.1. The number of hydrogen-bond donors (Lipinski definition) is 1. The molecule has 4 nitrogen and oxygen atoms in total. The van der Waals surface area contributed by atoms with Gasteiger partial charge in [-0.2, -0.15) is 0 Å². The smallest absolute Gasteiger partial charge is 0.115 e. The van der Waals surface area contributed by atoms with Gasteiger partial charge in [-0.3, -0.25) is 0 Å². The SMILES string of the molecule is Cn1nncc1C1(O)CCCCC1c1ccccc1. The van der Waals surface area contributed by atoms with Gasteiger partial charge in [0.1, 0.15) is 5.60 Å². The fraction of sp³-hybridized carbons (Fsp3) is 0.467. The van der Waals surface area contributed by atoms with E-state index in [2.05, 4.69) is 22.4 Å². The molecule has 0 spiro atoms. The van der Waals surface area contributed by atoms with Gasteiger partial charge in [0.05, 0.1) is 11.9 Å². The summed E-state index contributed by atoms with van der Waals surface area (Å²) in [4.78, 5) is 0. The Morgan fingerprint density at radius 3 is 2.74 bits per heavy atom. The first-order valence-electron chi connectivity index (χ1n) is 6.84. The fourth-order valence-corrected chi connectivity index (χ4v) is 3.27. The lowest BCUT2D eigenvalue weighted by Gasteiger charge is -2.40. The minimum Gasteiger partial charge on any atom is -0.383 e. The van der Waals surface area contributed by atoms with E-state index in [1.54, 1.807) is 10.9 Å². The largest absolute Gasteiger partial charge is 0.383 e. The molecule has 3 rings (SSSR count). The molecule has 0 bridgehead atoms. The average molecular weight is 257 g/mol. The summed E-state index contributed by atoms with van der Waals surface area (Å²) in [5.41, 5.74) is 1.17. The Hall–Kier alpha value is -1.68. The Balaban J connectivity index is 2.04. The third-order valence-corrected chi connectivity index (χ3v) is 4.24. The van der Waals surface area contributed by atoms with Gasteiger partial charge >= 0.3 is 0 Å². The van der Waals surface area contributed by atoms with E-state index < -0.39 is 5.60 Å². The van der Waals surface area contributed by atoms with Crippen LogP contribution in [0.15, 0.2) is 36.5 Å². The Morgan fingerprint density at radius 1 is 1.26 bits per heavy atom. The van der Waals surface area contributed by atoms with Crippen molar-refractivity contribution >= 4 is 0 Å². The van der Waals surface area contributed by atoms with Crippen LogP contribution in [0.4, 0.5) is 0 Å². The van der Waals surface area contributed by atoms with Crippen molar-refractivity contribution < 1.29 is 5.11 Å². The van der Waals surface area contributed by atoms with E-state index in [1.807, 2.05) is 25.2 Å². The van der Waals surface area contributed by atoms with Gasteiger partial charge in [-0.25, -0.2) is 4.68 Å². The Bertz CT molecular complexity index is 552. The maximum Gasteiger partial charge on any atom is 0.115 e. The second kappa shape index (κ2) is 4.78. The minimum atomic E-state index is -0.849. The molecular formula is C15H19N3O. The van der Waals surface area contributed by atoms with Crippen molar-refractivity contribution in [2.24, 2.45) is 7.05 Å². The molecule has 2 atom stereocenters. The molecule has 100 valence electrons. The summed E-state index contributed by atoms with van der Waals surface area (Å²) < 4.78 is 1.70. The highest BCUT2D eigenvalue weighted by atomic mass is 16.3. The van der Waals surface area contributed by atoms with Crippen LogP contribution in [0, 0.1) is 0 Å². The van der Waals surface area contributed by atoms with Gasteiger partial charge in [0.2, 0.25) is 0 Å². The molecule has 1 aromatic carbocycles. The van der Waals surface area contributed by atoms with E-state index in [4.69, 9.17) is 0 Å². The number of aryl methyl sites for hydroxylation is 1. The zero-order valence-electron chi connectivity index (χ0n) is 11.2. The highest BCUT2D eigenvalue weighted by Crippen LogP contribution is 2.46. The molecule has 1 aliphatic rings. The number of aliphatic hydroxyl groups is 1. The third kappa shape index (κ3) is 2.06. The first-order valence-corrected chi connectivity index (χ1v) is 6.84. The minimum absolute atomic E-state index is 0.125. The lowest BCUT2D eigenvalue weighted by Crippen LogP contribution is -2.38. The van der Waals surface area contributed by atoms with Gasteiger partial charge in [-0.1, -0.05) is 48.4 Å². The van der Waals surface area contributed by atoms with Gasteiger partial charge in [0, 0.05) is 13.0 Å². The maximum atomic E-state index is 11.2. The van der Waals surface area contributed by atoms with E-state index in [-0.39, 0.29) is 5.92 Å². The van der Waals surface area contributed by atoms with Crippen molar-refractivity contribution in [3.8, 4) is 0 Å². The molecular weight excluding hydrogens is 238 g/mol. The van der Waals surface area contributed by atoms with Crippen LogP contribution in [0.1, 0.15) is 42.9 Å². The molecule has 1 saturated carbocycles. The van der Waals surface area contributed by atoms with Crippen molar-refractivity contribution in [1.82, 2.24) is 15.0 Å². The van der Waals surface area contributed by atoms with Crippen LogP contribution < -0.4 is 0 Å². The Labute approximate surface area is 113 Å². The molecule has 0 aliphatic heterocycles. The van der Waals surface area contributed by atoms with Gasteiger partial charge in [-0.05, 0) is 18.4 Å². The Morgan fingerprint density at radius 2 is 2.05 bits per heavy atom. The molecule has 2 aromatic rings. The first-order chi connectivity index (χ1) is 9.22. The molecule has 1 heterocycles. The van der Waals surface area contributed by atoms with Crippen molar-refractivity contribution in [3.05, 3.63) is 47.8 Å². The van der Waals surface area contributed by atoms with Crippen molar-refractivity contribution in [2.75, 3.05) is 0 Å². The molecule has 1 N–H and O–H groups in total. The van der Waals surface area contributed by atoms with E-state index in [0.29, 0.717) is 0 Å². The normalized spacial score (nSPS) is 27.4. The molecule has 1 aliphatic carbocycles. The van der Waals surface area contributed by atoms with Gasteiger partial charge in [0.25, 0.3) is 0 Å². The van der Waals surface area contributed by atoms with Gasteiger partial charge < -0.3 is 5.11 Å². The summed E-state index contributed by atoms with van der Waals surface area (Å²) in [6, 6.07) is 10.3. The zero-order chi connectivity index (χ0) is 13.3. The van der Waals surface area contributed by atoms with Crippen molar-refractivity contribution in [1.29, 1.82) is 0 Å². The first kappa shape index (κ1) is 12.4. The van der Waals surface area contributed by atoms with Crippen LogP contribution in [0.3, 0.4) is 0 Å². The summed E-state index contributed by atoms with van der Waals surface area (Å²) in [5.74, 6) is 0.125. The maximum absolute atomic E-state index is 11.2. The molecule has 19 heavy (non-hydrogen) atoms. The zero-order valence-corrected chi connectivity index (χ0v) is 11.2. The molecule has 4 heteroatoms. The van der Waals surface area contributed by atoms with E-state index in [0.717, 1.165) is 31.4 Å². The number of rotatable bonds is 2. The van der Waals surface area contributed by atoms with E-state index in [9.17, 15) is 5.11 Å². The van der Waals surface area contributed by atoms with Crippen LogP contribution in [0.5, 0.6) is 0 Å². The summed E-state index contributed by atoms with van der Waals surface area (Å²) in [6.07, 6.45) is 5.68. The van der Waals surface area contributed by atoms with Crippen LogP contribution in [-0.4, -0.2) is 20.1 Å². The van der Waals surface area contributed by atoms with Crippen LogP contribution >= 0.6 is 0 Å². The molecule has 0 amide bonds. The second-order valence-electron chi connectivity index (χ2n) is 5.38. The average Bonchev–Trinajstić information content (AvgIpc) is 2.87. The highest BCUT2D eigenvalue weighted by molar-refractivity contribution is 5.27. The highest BCUT2D eigenvalue weighted by Gasteiger charge is 2.43. The van der Waals surface area contributed by atoms with Crippen LogP contribution in [0.25, 0.3) is 0 Å². The lowest BCUT2D eigenvalue weighted by molar-refractivity contribution is -0.0293. The van der Waals surface area contributed by atoms with Gasteiger partial charge in [-0.15, -0.1) is 5.10 Å². The fourth-order valence-electron chi connectivity index (χ4n) is 3.27. The summed E-state index contributed by atoms with van der Waals surface area (Å²) in [7, 11) is 1.84. The molecule has 0 saturated heterocycles. The molecule has 0 radical (unpaired) electrons. The topological polar surface area (TPSA) is 50.9 Å². The van der Waals surface area contributed by atoms with Gasteiger partial charge in [0.15, 0.2) is 0 Å². The quantitative estimate of drug-likeness (QED) is 0.898. The van der Waals surface area contributed by atoms with Crippen LogP contribution in [-0.2, 0) is 12.6 Å². The lowest BCUT2D eigenvalue weighted by atomic mass is 9.70. The third-order valence-electron chi connectivity index (χ3n) is 4.24. The van der Waals surface area contributed by atoms with E-state index in [1.165, 1.54) is 5.56 Å². The molecule has 2 unspecified atom stereocenters. The second-order valence-corrected chi connectivity index (χ2v) is 5.38. The number of aromatic nitrogens is 3.